The summed E-state index contributed by atoms with van der Waals surface area (Å²) in [5.41, 5.74) is 0.664. The van der Waals surface area contributed by atoms with Crippen LogP contribution in [0.2, 0.25) is 0 Å². The van der Waals surface area contributed by atoms with Gasteiger partial charge in [0, 0.05) is 25.1 Å². The van der Waals surface area contributed by atoms with Gasteiger partial charge in [-0.25, -0.2) is 4.39 Å². The molecule has 1 aliphatic rings. The highest BCUT2D eigenvalue weighted by molar-refractivity contribution is 5.80. The Morgan fingerprint density at radius 1 is 1.41 bits per heavy atom. The molecule has 1 unspecified atom stereocenters. The van der Waals surface area contributed by atoms with Crippen LogP contribution in [0, 0.1) is 5.82 Å². The van der Waals surface area contributed by atoms with Crippen LogP contribution in [-0.4, -0.2) is 38.8 Å². The topological polar surface area (TPSA) is 45.7 Å². The molecule has 22 heavy (non-hydrogen) atoms. The van der Waals surface area contributed by atoms with E-state index in [1.165, 1.54) is 6.07 Å². The van der Waals surface area contributed by atoms with Crippen LogP contribution in [0.5, 0.6) is 0 Å². The fourth-order valence-electron chi connectivity index (χ4n) is 2.63. The smallest absolute Gasteiger partial charge is 0.191 e. The lowest BCUT2D eigenvalue weighted by Gasteiger charge is -2.19. The Morgan fingerprint density at radius 3 is 2.73 bits per heavy atom. The van der Waals surface area contributed by atoms with Crippen LogP contribution < -0.4 is 10.6 Å². The van der Waals surface area contributed by atoms with Crippen LogP contribution in [0.15, 0.2) is 29.3 Å². The van der Waals surface area contributed by atoms with Gasteiger partial charge >= 0.3 is 0 Å². The summed E-state index contributed by atoms with van der Waals surface area (Å²) in [5.74, 6) is 0.635. The summed E-state index contributed by atoms with van der Waals surface area (Å²) in [6.45, 7) is 6.08. The lowest BCUT2D eigenvalue weighted by atomic mass is 9.95. The first-order valence-electron chi connectivity index (χ1n) is 7.90. The normalized spacial score (nSPS) is 17.9. The van der Waals surface area contributed by atoms with Gasteiger partial charge < -0.3 is 15.4 Å². The summed E-state index contributed by atoms with van der Waals surface area (Å²) in [6.07, 6.45) is 1.98. The highest BCUT2D eigenvalue weighted by Crippen LogP contribution is 2.49. The molecule has 0 amide bonds. The Morgan fingerprint density at radius 2 is 2.14 bits per heavy atom. The molecule has 5 heteroatoms. The van der Waals surface area contributed by atoms with Gasteiger partial charge in [-0.3, -0.25) is 4.99 Å². The molecule has 122 valence electrons. The zero-order valence-corrected chi connectivity index (χ0v) is 13.7. The SMILES string of the molecule is CCNC(=NCC1(c2ccccc2F)CC1)NC(C)COC. The average Bonchev–Trinajstić information content (AvgIpc) is 3.27. The number of halogens is 1. The van der Waals surface area contributed by atoms with Gasteiger partial charge in [-0.05, 0) is 38.3 Å². The van der Waals surface area contributed by atoms with Gasteiger partial charge in [0.15, 0.2) is 5.96 Å². The molecule has 0 saturated heterocycles. The summed E-state index contributed by atoms with van der Waals surface area (Å²) in [6, 6.07) is 7.21. The van der Waals surface area contributed by atoms with E-state index in [2.05, 4.69) is 15.6 Å². The average molecular weight is 307 g/mol. The molecule has 1 aliphatic carbocycles. The third-order valence-electron chi connectivity index (χ3n) is 3.98. The number of aliphatic imine (C=N–C) groups is 1. The summed E-state index contributed by atoms with van der Waals surface area (Å²) >= 11 is 0. The zero-order valence-electron chi connectivity index (χ0n) is 13.7. The lowest BCUT2D eigenvalue weighted by molar-refractivity contribution is 0.179. The van der Waals surface area contributed by atoms with E-state index in [4.69, 9.17) is 4.74 Å². The van der Waals surface area contributed by atoms with Crippen LogP contribution in [0.25, 0.3) is 0 Å². The lowest BCUT2D eigenvalue weighted by Crippen LogP contribution is -2.44. The number of methoxy groups -OCH3 is 1. The van der Waals surface area contributed by atoms with E-state index in [1.54, 1.807) is 13.2 Å². The first-order chi connectivity index (χ1) is 10.6. The van der Waals surface area contributed by atoms with Crippen molar-refractivity contribution in [3.8, 4) is 0 Å². The largest absolute Gasteiger partial charge is 0.383 e. The molecule has 1 saturated carbocycles. The molecular formula is C17H26FN3O. The van der Waals surface area contributed by atoms with E-state index in [0.29, 0.717) is 13.2 Å². The van der Waals surface area contributed by atoms with Gasteiger partial charge in [0.05, 0.1) is 13.2 Å². The third kappa shape index (κ3) is 4.19. The van der Waals surface area contributed by atoms with Crippen molar-refractivity contribution >= 4 is 5.96 Å². The number of nitrogens with one attached hydrogen (secondary N) is 2. The van der Waals surface area contributed by atoms with Crippen molar-refractivity contribution in [3.05, 3.63) is 35.6 Å². The quantitative estimate of drug-likeness (QED) is 0.601. The number of hydrogen-bond donors (Lipinski definition) is 2. The minimum absolute atomic E-state index is 0.124. The second kappa shape index (κ2) is 7.58. The summed E-state index contributed by atoms with van der Waals surface area (Å²) in [5, 5.41) is 6.53. The van der Waals surface area contributed by atoms with Crippen molar-refractivity contribution in [2.45, 2.75) is 38.1 Å². The number of guanidine groups is 1. The standard InChI is InChI=1S/C17H26FN3O/c1-4-19-16(21-13(2)11-22-3)20-12-17(9-10-17)14-7-5-6-8-15(14)18/h5-8,13H,4,9-12H2,1-3H3,(H2,19,20,21). The maximum Gasteiger partial charge on any atom is 0.191 e. The van der Waals surface area contributed by atoms with E-state index in [0.717, 1.165) is 30.9 Å². The monoisotopic (exact) mass is 307 g/mol. The maximum absolute atomic E-state index is 14.0. The third-order valence-corrected chi connectivity index (χ3v) is 3.98. The van der Waals surface area contributed by atoms with Crippen LogP contribution in [-0.2, 0) is 10.2 Å². The first-order valence-corrected chi connectivity index (χ1v) is 7.90. The maximum atomic E-state index is 14.0. The molecule has 2 N–H and O–H groups in total. The molecule has 1 fully saturated rings. The minimum Gasteiger partial charge on any atom is -0.383 e. The van der Waals surface area contributed by atoms with E-state index in [-0.39, 0.29) is 17.3 Å². The van der Waals surface area contributed by atoms with Crippen molar-refractivity contribution in [1.82, 2.24) is 10.6 Å². The molecule has 1 aromatic carbocycles. The Labute approximate surface area is 132 Å². The molecule has 0 aliphatic heterocycles. The van der Waals surface area contributed by atoms with E-state index < -0.39 is 0 Å². The van der Waals surface area contributed by atoms with Crippen molar-refractivity contribution in [1.29, 1.82) is 0 Å². The number of rotatable bonds is 7. The zero-order chi connectivity index (χ0) is 16.0. The van der Waals surface area contributed by atoms with Gasteiger partial charge in [0.2, 0.25) is 0 Å². The Bertz CT molecular complexity index is 514. The van der Waals surface area contributed by atoms with Crippen LogP contribution >= 0.6 is 0 Å². The molecule has 2 rings (SSSR count). The van der Waals surface area contributed by atoms with Gasteiger partial charge in [0.1, 0.15) is 5.82 Å². The molecular weight excluding hydrogens is 281 g/mol. The predicted molar refractivity (Wildman–Crippen MR) is 87.8 cm³/mol. The van der Waals surface area contributed by atoms with Crippen molar-refractivity contribution in [3.63, 3.8) is 0 Å². The van der Waals surface area contributed by atoms with Crippen LogP contribution in [0.1, 0.15) is 32.3 Å². The van der Waals surface area contributed by atoms with Crippen LogP contribution in [0.3, 0.4) is 0 Å². The minimum atomic E-state index is -0.127. The number of hydrogen-bond acceptors (Lipinski definition) is 2. The Hall–Kier alpha value is -1.62. The van der Waals surface area contributed by atoms with Gasteiger partial charge in [-0.2, -0.15) is 0 Å². The highest BCUT2D eigenvalue weighted by Gasteiger charge is 2.45. The van der Waals surface area contributed by atoms with Crippen molar-refractivity contribution in [2.75, 3.05) is 26.8 Å². The number of nitrogens with zero attached hydrogens (tertiary/aromatic N) is 1. The molecule has 0 radical (unpaired) electrons. The Balaban J connectivity index is 2.05. The highest BCUT2D eigenvalue weighted by atomic mass is 19.1. The Kier molecular flexibility index (Phi) is 5.77. The predicted octanol–water partition coefficient (Wildman–Crippen LogP) is 2.45. The number of ether oxygens (including phenoxy) is 1. The summed E-state index contributed by atoms with van der Waals surface area (Å²) in [4.78, 5) is 4.66. The molecule has 0 aromatic heterocycles. The summed E-state index contributed by atoms with van der Waals surface area (Å²) < 4.78 is 19.1. The van der Waals surface area contributed by atoms with Gasteiger partial charge in [0.25, 0.3) is 0 Å². The van der Waals surface area contributed by atoms with Crippen molar-refractivity contribution in [2.24, 2.45) is 4.99 Å². The van der Waals surface area contributed by atoms with Crippen molar-refractivity contribution < 1.29 is 9.13 Å². The van der Waals surface area contributed by atoms with Gasteiger partial charge in [-0.15, -0.1) is 0 Å². The second-order valence-electron chi connectivity index (χ2n) is 5.96. The fourth-order valence-corrected chi connectivity index (χ4v) is 2.63. The molecule has 0 heterocycles. The second-order valence-corrected chi connectivity index (χ2v) is 5.96. The molecule has 4 nitrogen and oxygen atoms in total. The summed E-state index contributed by atoms with van der Waals surface area (Å²) in [7, 11) is 1.68. The molecule has 0 spiro atoms. The first kappa shape index (κ1) is 16.7. The molecule has 1 atom stereocenters. The van der Waals surface area contributed by atoms with Crippen LogP contribution in [0.4, 0.5) is 4.39 Å². The van der Waals surface area contributed by atoms with Gasteiger partial charge in [-0.1, -0.05) is 18.2 Å². The molecule has 1 aromatic rings. The van der Waals surface area contributed by atoms with E-state index >= 15 is 0 Å². The molecule has 0 bridgehead atoms. The number of benzene rings is 1. The van der Waals surface area contributed by atoms with E-state index in [1.807, 2.05) is 26.0 Å². The van der Waals surface area contributed by atoms with E-state index in [9.17, 15) is 4.39 Å². The fraction of sp³-hybridized carbons (Fsp3) is 0.588.